The number of hydrogen-bond acceptors (Lipinski definition) is 5. The average Bonchev–Trinajstić information content (AvgIpc) is 2.14. The first-order valence-corrected chi connectivity index (χ1v) is 5.22. The number of pyridine rings is 1. The monoisotopic (exact) mass is 224 g/mol. The van der Waals surface area contributed by atoms with Gasteiger partial charge in [-0.05, 0) is 33.2 Å². The Morgan fingerprint density at radius 1 is 1.56 bits per heavy atom. The van der Waals surface area contributed by atoms with E-state index in [-0.39, 0.29) is 0 Å². The highest BCUT2D eigenvalue weighted by atomic mass is 16.3. The third kappa shape index (κ3) is 4.04. The number of aliphatic hydroxyl groups is 1. The number of rotatable bonds is 5. The summed E-state index contributed by atoms with van der Waals surface area (Å²) in [5.74, 6) is 0.613. The first-order valence-electron chi connectivity index (χ1n) is 5.22. The van der Waals surface area contributed by atoms with E-state index in [0.717, 1.165) is 0 Å². The van der Waals surface area contributed by atoms with Crippen LogP contribution in [0.1, 0.15) is 6.92 Å². The van der Waals surface area contributed by atoms with Gasteiger partial charge in [0, 0.05) is 19.3 Å². The van der Waals surface area contributed by atoms with Crippen LogP contribution in [0.25, 0.3) is 0 Å². The molecule has 1 atom stereocenters. The number of likely N-dealkylation sites (N-methyl/N-ethyl adjacent to an activating group) is 1. The van der Waals surface area contributed by atoms with E-state index in [0.29, 0.717) is 24.6 Å². The number of nitrogens with zero attached hydrogens (tertiary/aromatic N) is 2. The van der Waals surface area contributed by atoms with Gasteiger partial charge in [0.2, 0.25) is 0 Å². The van der Waals surface area contributed by atoms with Gasteiger partial charge in [-0.3, -0.25) is 0 Å². The zero-order valence-corrected chi connectivity index (χ0v) is 10.1. The number of nitrogens with two attached hydrogens (primary N) is 1. The minimum absolute atomic E-state index is 0.409. The number of anilines is 2. The van der Waals surface area contributed by atoms with Crippen LogP contribution in [0.3, 0.4) is 0 Å². The van der Waals surface area contributed by atoms with E-state index < -0.39 is 5.60 Å². The lowest BCUT2D eigenvalue weighted by molar-refractivity contribution is 0.0459. The van der Waals surface area contributed by atoms with Crippen LogP contribution in [0.5, 0.6) is 0 Å². The van der Waals surface area contributed by atoms with Crippen LogP contribution in [-0.4, -0.2) is 47.8 Å². The summed E-state index contributed by atoms with van der Waals surface area (Å²) in [5.41, 5.74) is 5.51. The van der Waals surface area contributed by atoms with Crippen molar-refractivity contribution < 1.29 is 5.11 Å². The summed E-state index contributed by atoms with van der Waals surface area (Å²) in [6, 6.07) is 3.55. The standard InChI is InChI=1S/C11H20N4O/c1-11(16,8-15(2)3)7-14-10-9(12)5-4-6-13-10/h4-6,16H,7-8,12H2,1-3H3,(H,13,14). The lowest BCUT2D eigenvalue weighted by atomic mass is 10.1. The molecular weight excluding hydrogens is 204 g/mol. The molecule has 5 nitrogen and oxygen atoms in total. The first kappa shape index (κ1) is 12.7. The van der Waals surface area contributed by atoms with Gasteiger partial charge in [-0.25, -0.2) is 4.98 Å². The number of aromatic nitrogens is 1. The predicted molar refractivity (Wildman–Crippen MR) is 66.3 cm³/mol. The molecule has 0 radical (unpaired) electrons. The van der Waals surface area contributed by atoms with Crippen LogP contribution in [0.15, 0.2) is 18.3 Å². The van der Waals surface area contributed by atoms with Gasteiger partial charge in [-0.2, -0.15) is 0 Å². The van der Waals surface area contributed by atoms with Gasteiger partial charge in [0.15, 0.2) is 0 Å². The fourth-order valence-electron chi connectivity index (χ4n) is 1.58. The van der Waals surface area contributed by atoms with Crippen LogP contribution in [0.2, 0.25) is 0 Å². The van der Waals surface area contributed by atoms with E-state index in [1.165, 1.54) is 0 Å². The Bertz CT molecular complexity index is 339. The lowest BCUT2D eigenvalue weighted by Crippen LogP contribution is -2.43. The van der Waals surface area contributed by atoms with Crippen molar-refractivity contribution in [2.45, 2.75) is 12.5 Å². The molecule has 5 heteroatoms. The maximum absolute atomic E-state index is 10.1. The second kappa shape index (κ2) is 5.14. The second-order valence-corrected chi connectivity index (χ2v) is 4.53. The van der Waals surface area contributed by atoms with E-state index >= 15 is 0 Å². The largest absolute Gasteiger partial charge is 0.396 e. The van der Waals surface area contributed by atoms with Crippen molar-refractivity contribution in [2.75, 3.05) is 38.2 Å². The second-order valence-electron chi connectivity index (χ2n) is 4.53. The fourth-order valence-corrected chi connectivity index (χ4v) is 1.58. The van der Waals surface area contributed by atoms with Gasteiger partial charge in [0.1, 0.15) is 5.82 Å². The van der Waals surface area contributed by atoms with Crippen molar-refractivity contribution in [2.24, 2.45) is 0 Å². The van der Waals surface area contributed by atoms with Crippen LogP contribution >= 0.6 is 0 Å². The summed E-state index contributed by atoms with van der Waals surface area (Å²) < 4.78 is 0. The molecule has 0 bridgehead atoms. The molecule has 0 aliphatic rings. The molecule has 4 N–H and O–H groups in total. The summed E-state index contributed by atoms with van der Waals surface area (Å²) >= 11 is 0. The molecule has 0 aliphatic carbocycles. The summed E-state index contributed by atoms with van der Waals surface area (Å²) in [6.07, 6.45) is 1.67. The predicted octanol–water partition coefficient (Wildman–Crippen LogP) is 0.388. The molecule has 0 saturated carbocycles. The summed E-state index contributed by atoms with van der Waals surface area (Å²) in [4.78, 5) is 6.03. The van der Waals surface area contributed by atoms with Crippen molar-refractivity contribution in [1.29, 1.82) is 0 Å². The third-order valence-electron chi connectivity index (χ3n) is 2.13. The zero-order valence-electron chi connectivity index (χ0n) is 10.1. The zero-order chi connectivity index (χ0) is 12.2. The van der Waals surface area contributed by atoms with E-state index in [1.54, 1.807) is 25.3 Å². The molecule has 1 unspecified atom stereocenters. The van der Waals surface area contributed by atoms with Crippen molar-refractivity contribution in [1.82, 2.24) is 9.88 Å². The van der Waals surface area contributed by atoms with Crippen molar-refractivity contribution in [3.8, 4) is 0 Å². The molecule has 1 rings (SSSR count). The number of nitrogens with one attached hydrogen (secondary N) is 1. The van der Waals surface area contributed by atoms with Crippen LogP contribution in [0.4, 0.5) is 11.5 Å². The van der Waals surface area contributed by atoms with E-state index in [2.05, 4.69) is 10.3 Å². The van der Waals surface area contributed by atoms with Gasteiger partial charge >= 0.3 is 0 Å². The molecule has 1 aromatic rings. The first-order chi connectivity index (χ1) is 7.41. The van der Waals surface area contributed by atoms with Crippen LogP contribution in [-0.2, 0) is 0 Å². The maximum Gasteiger partial charge on any atom is 0.149 e. The number of hydrogen-bond donors (Lipinski definition) is 3. The van der Waals surface area contributed by atoms with Gasteiger partial charge in [-0.1, -0.05) is 0 Å². The Kier molecular flexibility index (Phi) is 4.09. The molecule has 90 valence electrons. The van der Waals surface area contributed by atoms with E-state index in [1.807, 2.05) is 19.0 Å². The SMILES string of the molecule is CN(C)CC(C)(O)CNc1ncccc1N. The topological polar surface area (TPSA) is 74.4 Å². The summed E-state index contributed by atoms with van der Waals surface area (Å²) in [7, 11) is 3.84. The van der Waals surface area contributed by atoms with E-state index in [9.17, 15) is 5.11 Å². The molecule has 0 fully saturated rings. The normalized spacial score (nSPS) is 14.8. The third-order valence-corrected chi connectivity index (χ3v) is 2.13. The lowest BCUT2D eigenvalue weighted by Gasteiger charge is -2.27. The van der Waals surface area contributed by atoms with Gasteiger partial charge in [-0.15, -0.1) is 0 Å². The average molecular weight is 224 g/mol. The molecule has 0 aliphatic heterocycles. The van der Waals surface area contributed by atoms with Crippen molar-refractivity contribution >= 4 is 11.5 Å². The minimum Gasteiger partial charge on any atom is -0.396 e. The quantitative estimate of drug-likeness (QED) is 0.674. The number of nitrogen functional groups attached to an aromatic ring is 1. The Hall–Kier alpha value is -1.33. The van der Waals surface area contributed by atoms with Crippen LogP contribution in [0, 0.1) is 0 Å². The van der Waals surface area contributed by atoms with Gasteiger partial charge < -0.3 is 21.1 Å². The molecule has 0 spiro atoms. The fraction of sp³-hybridized carbons (Fsp3) is 0.545. The molecule has 1 aromatic heterocycles. The molecular formula is C11H20N4O. The minimum atomic E-state index is -0.812. The Balaban J connectivity index is 2.54. The Morgan fingerprint density at radius 3 is 2.81 bits per heavy atom. The highest BCUT2D eigenvalue weighted by Crippen LogP contribution is 2.14. The highest BCUT2D eigenvalue weighted by Gasteiger charge is 2.21. The van der Waals surface area contributed by atoms with Crippen molar-refractivity contribution in [3.63, 3.8) is 0 Å². The molecule has 16 heavy (non-hydrogen) atoms. The smallest absolute Gasteiger partial charge is 0.149 e. The van der Waals surface area contributed by atoms with Gasteiger partial charge in [0.25, 0.3) is 0 Å². The Morgan fingerprint density at radius 2 is 2.25 bits per heavy atom. The summed E-state index contributed by atoms with van der Waals surface area (Å²) in [6.45, 7) is 2.76. The van der Waals surface area contributed by atoms with E-state index in [4.69, 9.17) is 5.73 Å². The maximum atomic E-state index is 10.1. The Labute approximate surface area is 96.3 Å². The molecule has 1 heterocycles. The van der Waals surface area contributed by atoms with Crippen molar-refractivity contribution in [3.05, 3.63) is 18.3 Å². The molecule has 0 amide bonds. The summed E-state index contributed by atoms with van der Waals surface area (Å²) in [5, 5.41) is 13.1. The molecule has 0 aromatic carbocycles. The van der Waals surface area contributed by atoms with Gasteiger partial charge in [0.05, 0.1) is 11.3 Å². The molecule has 0 saturated heterocycles. The highest BCUT2D eigenvalue weighted by molar-refractivity contribution is 5.60. The van der Waals surface area contributed by atoms with Crippen LogP contribution < -0.4 is 11.1 Å².